The van der Waals surface area contributed by atoms with Crippen molar-refractivity contribution in [2.45, 2.75) is 39.2 Å². The van der Waals surface area contributed by atoms with Gasteiger partial charge < -0.3 is 20.1 Å². The lowest BCUT2D eigenvalue weighted by Gasteiger charge is -2.33. The van der Waals surface area contributed by atoms with E-state index >= 15 is 0 Å². The summed E-state index contributed by atoms with van der Waals surface area (Å²) in [4.78, 5) is 38.7. The molecule has 0 aromatic heterocycles. The maximum Gasteiger partial charge on any atom is 0.407 e. The Labute approximate surface area is 193 Å². The molecule has 2 atom stereocenters. The van der Waals surface area contributed by atoms with Crippen molar-refractivity contribution >= 4 is 18.0 Å². The number of likely N-dealkylation sites (tertiary alicyclic amines) is 1. The SMILES string of the molecule is CC(C)(C)C(NC(=O)OCC1c2ccccc2-c2ccccc21)C(=O)N1CCC(C(=O)O)C1. The normalized spacial score (nSPS) is 18.4. The lowest BCUT2D eigenvalue weighted by molar-refractivity contribution is -0.141. The molecule has 4 rings (SSSR count). The Morgan fingerprint density at radius 1 is 1.06 bits per heavy atom. The largest absolute Gasteiger partial charge is 0.481 e. The molecule has 0 bridgehead atoms. The number of rotatable bonds is 5. The van der Waals surface area contributed by atoms with Gasteiger partial charge in [0.05, 0.1) is 5.92 Å². The second-order valence-corrected chi connectivity index (χ2v) is 9.88. The van der Waals surface area contributed by atoms with Crippen molar-refractivity contribution in [3.8, 4) is 11.1 Å². The van der Waals surface area contributed by atoms with E-state index in [2.05, 4.69) is 29.6 Å². The van der Waals surface area contributed by atoms with Gasteiger partial charge in [-0.1, -0.05) is 69.3 Å². The van der Waals surface area contributed by atoms with Gasteiger partial charge in [-0.2, -0.15) is 0 Å². The molecule has 0 spiro atoms. The second-order valence-electron chi connectivity index (χ2n) is 9.88. The zero-order chi connectivity index (χ0) is 23.8. The minimum atomic E-state index is -0.901. The van der Waals surface area contributed by atoms with Crippen molar-refractivity contribution in [2.75, 3.05) is 19.7 Å². The third-order valence-corrected chi connectivity index (χ3v) is 6.57. The van der Waals surface area contributed by atoms with Gasteiger partial charge in [0.25, 0.3) is 0 Å². The molecule has 1 aliphatic heterocycles. The molecule has 2 unspecified atom stereocenters. The number of alkyl carbamates (subject to hydrolysis) is 1. The lowest BCUT2D eigenvalue weighted by atomic mass is 9.86. The van der Waals surface area contributed by atoms with E-state index in [1.807, 2.05) is 45.0 Å². The van der Waals surface area contributed by atoms with Crippen molar-refractivity contribution < 1.29 is 24.2 Å². The molecule has 33 heavy (non-hydrogen) atoms. The Morgan fingerprint density at radius 3 is 2.15 bits per heavy atom. The van der Waals surface area contributed by atoms with E-state index in [0.717, 1.165) is 22.3 Å². The highest BCUT2D eigenvalue weighted by atomic mass is 16.5. The number of fused-ring (bicyclic) bond motifs is 3. The minimum absolute atomic E-state index is 0.0677. The van der Waals surface area contributed by atoms with Crippen LogP contribution in [0.1, 0.15) is 44.2 Å². The van der Waals surface area contributed by atoms with Crippen molar-refractivity contribution in [3.63, 3.8) is 0 Å². The predicted molar refractivity (Wildman–Crippen MR) is 124 cm³/mol. The second kappa shape index (κ2) is 8.89. The van der Waals surface area contributed by atoms with E-state index in [-0.39, 0.29) is 25.0 Å². The van der Waals surface area contributed by atoms with Gasteiger partial charge in [-0.25, -0.2) is 4.79 Å². The number of carboxylic acid groups (broad SMARTS) is 1. The number of nitrogens with zero attached hydrogens (tertiary/aromatic N) is 1. The van der Waals surface area contributed by atoms with Crippen molar-refractivity contribution in [3.05, 3.63) is 59.7 Å². The summed E-state index contributed by atoms with van der Waals surface area (Å²) in [6.07, 6.45) is -0.234. The van der Waals surface area contributed by atoms with Crippen LogP contribution in [-0.2, 0) is 14.3 Å². The van der Waals surface area contributed by atoms with Gasteiger partial charge in [0.1, 0.15) is 12.6 Å². The number of hydrogen-bond acceptors (Lipinski definition) is 4. The minimum Gasteiger partial charge on any atom is -0.481 e. The number of benzene rings is 2. The Kier molecular flexibility index (Phi) is 6.15. The Bertz CT molecular complexity index is 1030. The maximum atomic E-state index is 13.1. The monoisotopic (exact) mass is 450 g/mol. The fraction of sp³-hybridized carbons (Fsp3) is 0.423. The fourth-order valence-corrected chi connectivity index (χ4v) is 4.75. The maximum absolute atomic E-state index is 13.1. The van der Waals surface area contributed by atoms with Crippen molar-refractivity contribution in [2.24, 2.45) is 11.3 Å². The first kappa shape index (κ1) is 22.8. The van der Waals surface area contributed by atoms with Crippen molar-refractivity contribution in [1.82, 2.24) is 10.2 Å². The van der Waals surface area contributed by atoms with Gasteiger partial charge in [-0.15, -0.1) is 0 Å². The molecule has 7 nitrogen and oxygen atoms in total. The van der Waals surface area contributed by atoms with E-state index in [4.69, 9.17) is 4.74 Å². The Balaban J connectivity index is 1.44. The molecule has 0 saturated carbocycles. The van der Waals surface area contributed by atoms with Crippen LogP contribution in [0.2, 0.25) is 0 Å². The van der Waals surface area contributed by atoms with Gasteiger partial charge in [0.15, 0.2) is 0 Å². The highest BCUT2D eigenvalue weighted by Gasteiger charge is 2.40. The van der Waals surface area contributed by atoms with Crippen LogP contribution in [0.15, 0.2) is 48.5 Å². The zero-order valence-electron chi connectivity index (χ0n) is 19.2. The van der Waals surface area contributed by atoms with E-state index in [0.29, 0.717) is 13.0 Å². The fourth-order valence-electron chi connectivity index (χ4n) is 4.75. The smallest absolute Gasteiger partial charge is 0.407 e. The van der Waals surface area contributed by atoms with E-state index in [1.54, 1.807) is 0 Å². The molecule has 1 aliphatic carbocycles. The summed E-state index contributed by atoms with van der Waals surface area (Å²) in [5, 5.41) is 12.0. The molecule has 1 fully saturated rings. The molecular formula is C26H30N2O5. The Morgan fingerprint density at radius 2 is 1.64 bits per heavy atom. The van der Waals surface area contributed by atoms with Gasteiger partial charge in [0, 0.05) is 19.0 Å². The molecule has 1 heterocycles. The molecule has 174 valence electrons. The molecule has 2 aliphatic rings. The number of carbonyl (C=O) groups is 3. The third kappa shape index (κ3) is 4.58. The summed E-state index contributed by atoms with van der Waals surface area (Å²) in [5.41, 5.74) is 3.96. The third-order valence-electron chi connectivity index (χ3n) is 6.57. The van der Waals surface area contributed by atoms with E-state index < -0.39 is 29.4 Å². The average molecular weight is 451 g/mol. The standard InChI is InChI=1S/C26H30N2O5/c1-26(2,3)22(23(29)28-13-12-16(14-28)24(30)31)27-25(32)33-15-21-19-10-6-4-8-17(19)18-9-5-7-11-20(18)21/h4-11,16,21-22H,12-15H2,1-3H3,(H,27,32)(H,30,31). The highest BCUT2D eigenvalue weighted by molar-refractivity contribution is 5.87. The molecule has 2 amide bonds. The number of carbonyl (C=O) groups excluding carboxylic acids is 2. The van der Waals surface area contributed by atoms with E-state index in [9.17, 15) is 19.5 Å². The topological polar surface area (TPSA) is 95.9 Å². The number of nitrogens with one attached hydrogen (secondary N) is 1. The molecule has 1 saturated heterocycles. The molecule has 2 aromatic rings. The number of ether oxygens (including phenoxy) is 1. The first-order valence-corrected chi connectivity index (χ1v) is 11.3. The van der Waals surface area contributed by atoms with Gasteiger partial charge in [-0.3, -0.25) is 9.59 Å². The first-order valence-electron chi connectivity index (χ1n) is 11.3. The van der Waals surface area contributed by atoms with Crippen LogP contribution in [0.4, 0.5) is 4.79 Å². The van der Waals surface area contributed by atoms with Gasteiger partial charge in [0.2, 0.25) is 5.91 Å². The predicted octanol–water partition coefficient (Wildman–Crippen LogP) is 3.87. The lowest BCUT2D eigenvalue weighted by Crippen LogP contribution is -2.54. The van der Waals surface area contributed by atoms with Gasteiger partial charge >= 0.3 is 12.1 Å². The van der Waals surface area contributed by atoms with Gasteiger partial charge in [-0.05, 0) is 34.1 Å². The quantitative estimate of drug-likeness (QED) is 0.721. The molecule has 2 N–H and O–H groups in total. The molecule has 2 aromatic carbocycles. The summed E-state index contributed by atoms with van der Waals surface area (Å²) in [6, 6.07) is 15.4. The summed E-state index contributed by atoms with van der Waals surface area (Å²) in [7, 11) is 0. The average Bonchev–Trinajstić information content (AvgIpc) is 3.39. The summed E-state index contributed by atoms with van der Waals surface area (Å²) in [5.74, 6) is -1.81. The van der Waals surface area contributed by atoms with Crippen LogP contribution in [0.5, 0.6) is 0 Å². The van der Waals surface area contributed by atoms with Crippen LogP contribution < -0.4 is 5.32 Å². The van der Waals surface area contributed by atoms with Crippen molar-refractivity contribution in [1.29, 1.82) is 0 Å². The zero-order valence-corrected chi connectivity index (χ0v) is 19.2. The number of carboxylic acids is 1. The molecule has 0 radical (unpaired) electrons. The van der Waals surface area contributed by atoms with Crippen LogP contribution >= 0.6 is 0 Å². The summed E-state index contributed by atoms with van der Waals surface area (Å²) < 4.78 is 5.62. The highest BCUT2D eigenvalue weighted by Crippen LogP contribution is 2.44. The van der Waals surface area contributed by atoms with Crippen LogP contribution in [-0.4, -0.2) is 53.7 Å². The molecular weight excluding hydrogens is 420 g/mol. The van der Waals surface area contributed by atoms with Crippen LogP contribution in [0.25, 0.3) is 11.1 Å². The number of hydrogen-bond donors (Lipinski definition) is 2. The van der Waals surface area contributed by atoms with E-state index in [1.165, 1.54) is 4.90 Å². The first-order chi connectivity index (χ1) is 15.7. The number of aliphatic carboxylic acids is 1. The molecule has 7 heteroatoms. The van der Waals surface area contributed by atoms with Crippen LogP contribution in [0, 0.1) is 11.3 Å². The summed E-state index contributed by atoms with van der Waals surface area (Å²) >= 11 is 0. The Hall–Kier alpha value is -3.35. The summed E-state index contributed by atoms with van der Waals surface area (Å²) in [6.45, 7) is 6.29. The number of amides is 2. The van der Waals surface area contributed by atoms with Crippen LogP contribution in [0.3, 0.4) is 0 Å².